The summed E-state index contributed by atoms with van der Waals surface area (Å²) in [6.07, 6.45) is 5.82. The van der Waals surface area contributed by atoms with Crippen LogP contribution in [0.5, 0.6) is 0 Å². The van der Waals surface area contributed by atoms with Gasteiger partial charge in [-0.25, -0.2) is 0 Å². The normalized spacial score (nSPS) is 11.0. The molecule has 1 N–H and O–H groups in total. The van der Waals surface area contributed by atoms with Crippen LogP contribution in [0.25, 0.3) is 12.2 Å². The number of carbonyl (C=O) groups excluding carboxylic acids is 1. The molecule has 1 heterocycles. The van der Waals surface area contributed by atoms with Gasteiger partial charge >= 0.3 is 0 Å². The molecule has 1 aromatic heterocycles. The van der Waals surface area contributed by atoms with Crippen molar-refractivity contribution in [3.05, 3.63) is 82.5 Å². The largest absolute Gasteiger partial charge is 0.307 e. The third-order valence-electron chi connectivity index (χ3n) is 4.20. The Balaban J connectivity index is 1.78. The number of rotatable bonds is 4. The van der Waals surface area contributed by atoms with Gasteiger partial charge in [0.15, 0.2) is 0 Å². The minimum Gasteiger partial charge on any atom is -0.307 e. The third-order valence-corrected chi connectivity index (χ3v) is 4.20. The molecule has 4 heteroatoms. The van der Waals surface area contributed by atoms with Crippen LogP contribution in [0.2, 0.25) is 0 Å². The van der Waals surface area contributed by atoms with Gasteiger partial charge in [0.25, 0.3) is 5.91 Å². The van der Waals surface area contributed by atoms with Gasteiger partial charge in [-0.15, -0.1) is 0 Å². The van der Waals surface area contributed by atoms with Gasteiger partial charge in [-0.1, -0.05) is 48.6 Å². The number of hydrogen-bond donors (Lipinski definition) is 1. The Morgan fingerprint density at radius 1 is 1.04 bits per heavy atom. The van der Waals surface area contributed by atoms with E-state index in [1.54, 1.807) is 24.0 Å². The Morgan fingerprint density at radius 2 is 1.84 bits per heavy atom. The van der Waals surface area contributed by atoms with Gasteiger partial charge in [0.1, 0.15) is 5.82 Å². The number of amides is 1. The van der Waals surface area contributed by atoms with E-state index in [9.17, 15) is 4.79 Å². The molecule has 2 aromatic carbocycles. The number of anilines is 1. The maximum Gasteiger partial charge on any atom is 0.257 e. The summed E-state index contributed by atoms with van der Waals surface area (Å²) >= 11 is 0. The third kappa shape index (κ3) is 3.86. The van der Waals surface area contributed by atoms with Crippen molar-refractivity contribution in [2.45, 2.75) is 13.8 Å². The maximum absolute atomic E-state index is 12.5. The molecule has 0 aliphatic carbocycles. The predicted molar refractivity (Wildman–Crippen MR) is 102 cm³/mol. The highest BCUT2D eigenvalue weighted by Gasteiger charge is 2.11. The van der Waals surface area contributed by atoms with Crippen LogP contribution in [-0.2, 0) is 7.05 Å². The number of aromatic nitrogens is 2. The van der Waals surface area contributed by atoms with Crippen molar-refractivity contribution in [1.29, 1.82) is 0 Å². The van der Waals surface area contributed by atoms with E-state index in [4.69, 9.17) is 0 Å². The first kappa shape index (κ1) is 16.7. The van der Waals surface area contributed by atoms with E-state index < -0.39 is 0 Å². The molecule has 3 aromatic rings. The van der Waals surface area contributed by atoms with Crippen molar-refractivity contribution in [1.82, 2.24) is 9.78 Å². The zero-order chi connectivity index (χ0) is 17.8. The van der Waals surface area contributed by atoms with Crippen molar-refractivity contribution in [3.8, 4) is 0 Å². The fourth-order valence-electron chi connectivity index (χ4n) is 2.69. The first-order chi connectivity index (χ1) is 12.0. The first-order valence-corrected chi connectivity index (χ1v) is 8.18. The lowest BCUT2D eigenvalue weighted by Gasteiger charge is -2.08. The number of carbonyl (C=O) groups is 1. The second-order valence-corrected chi connectivity index (χ2v) is 6.06. The minimum absolute atomic E-state index is 0.129. The van der Waals surface area contributed by atoms with Gasteiger partial charge in [-0.3, -0.25) is 9.48 Å². The quantitative estimate of drug-likeness (QED) is 0.718. The number of nitrogens with one attached hydrogen (secondary N) is 1. The van der Waals surface area contributed by atoms with Crippen molar-refractivity contribution >= 4 is 23.9 Å². The lowest BCUT2D eigenvalue weighted by molar-refractivity contribution is 0.102. The van der Waals surface area contributed by atoms with E-state index in [1.807, 2.05) is 37.3 Å². The predicted octanol–water partition coefficient (Wildman–Crippen LogP) is 4.46. The molecule has 126 valence electrons. The molecule has 0 saturated carbocycles. The number of hydrogen-bond acceptors (Lipinski definition) is 2. The molecule has 0 spiro atoms. The Bertz CT molecular complexity index is 938. The van der Waals surface area contributed by atoms with Crippen LogP contribution < -0.4 is 5.32 Å². The highest BCUT2D eigenvalue weighted by molar-refractivity contribution is 6.05. The molecule has 0 atom stereocenters. The molecular formula is C21H21N3O. The van der Waals surface area contributed by atoms with Crippen molar-refractivity contribution in [2.24, 2.45) is 7.05 Å². The molecular weight excluding hydrogens is 310 g/mol. The lowest BCUT2D eigenvalue weighted by Crippen LogP contribution is -2.15. The van der Waals surface area contributed by atoms with Crippen LogP contribution in [-0.4, -0.2) is 15.7 Å². The van der Waals surface area contributed by atoms with Crippen LogP contribution in [0, 0.1) is 13.8 Å². The fourth-order valence-corrected chi connectivity index (χ4v) is 2.69. The average Bonchev–Trinajstić information content (AvgIpc) is 2.99. The van der Waals surface area contributed by atoms with Gasteiger partial charge in [0.2, 0.25) is 0 Å². The first-order valence-electron chi connectivity index (χ1n) is 8.18. The second kappa shape index (κ2) is 7.18. The number of aryl methyl sites for hydroxylation is 3. The van der Waals surface area contributed by atoms with Crippen molar-refractivity contribution in [2.75, 3.05) is 5.32 Å². The molecule has 0 unspecified atom stereocenters. The van der Waals surface area contributed by atoms with Crippen LogP contribution >= 0.6 is 0 Å². The highest BCUT2D eigenvalue weighted by atomic mass is 16.1. The maximum atomic E-state index is 12.5. The molecule has 1 amide bonds. The lowest BCUT2D eigenvalue weighted by atomic mass is 10.0. The van der Waals surface area contributed by atoms with Crippen LogP contribution in [0.1, 0.15) is 32.6 Å². The fraction of sp³-hybridized carbons (Fsp3) is 0.143. The summed E-state index contributed by atoms with van der Waals surface area (Å²) in [6, 6.07) is 15.9. The minimum atomic E-state index is -0.129. The van der Waals surface area contributed by atoms with Crippen molar-refractivity contribution < 1.29 is 4.79 Å². The summed E-state index contributed by atoms with van der Waals surface area (Å²) in [5.74, 6) is 0.545. The molecule has 25 heavy (non-hydrogen) atoms. The van der Waals surface area contributed by atoms with Gasteiger partial charge in [-0.2, -0.15) is 5.10 Å². The summed E-state index contributed by atoms with van der Waals surface area (Å²) in [5, 5.41) is 6.93. The SMILES string of the molecule is Cc1ccccc1/C=C/c1ccc(C(=O)Nc2ccnn2C)c(C)c1. The topological polar surface area (TPSA) is 46.9 Å². The Hall–Kier alpha value is -3.14. The van der Waals surface area contributed by atoms with E-state index in [1.165, 1.54) is 11.1 Å². The zero-order valence-electron chi connectivity index (χ0n) is 14.7. The Morgan fingerprint density at radius 3 is 2.52 bits per heavy atom. The van der Waals surface area contributed by atoms with E-state index in [0.29, 0.717) is 11.4 Å². The average molecular weight is 331 g/mol. The summed E-state index contributed by atoms with van der Waals surface area (Å²) in [6.45, 7) is 4.04. The number of benzene rings is 2. The van der Waals surface area contributed by atoms with Crippen LogP contribution in [0.3, 0.4) is 0 Å². The molecule has 0 fully saturated rings. The van der Waals surface area contributed by atoms with E-state index in [-0.39, 0.29) is 5.91 Å². The molecule has 0 aliphatic rings. The molecule has 0 aliphatic heterocycles. The van der Waals surface area contributed by atoms with E-state index in [2.05, 4.69) is 41.6 Å². The second-order valence-electron chi connectivity index (χ2n) is 6.06. The van der Waals surface area contributed by atoms with Crippen LogP contribution in [0.15, 0.2) is 54.7 Å². The highest BCUT2D eigenvalue weighted by Crippen LogP contribution is 2.17. The van der Waals surface area contributed by atoms with Gasteiger partial charge < -0.3 is 5.32 Å². The summed E-state index contributed by atoms with van der Waals surface area (Å²) in [5.41, 5.74) is 5.10. The summed E-state index contributed by atoms with van der Waals surface area (Å²) in [4.78, 5) is 12.5. The molecule has 0 saturated heterocycles. The zero-order valence-corrected chi connectivity index (χ0v) is 14.7. The van der Waals surface area contributed by atoms with Gasteiger partial charge in [-0.05, 0) is 42.2 Å². The Kier molecular flexibility index (Phi) is 4.80. The van der Waals surface area contributed by atoms with Gasteiger partial charge in [0.05, 0.1) is 6.20 Å². The smallest absolute Gasteiger partial charge is 0.257 e. The monoisotopic (exact) mass is 331 g/mol. The molecule has 4 nitrogen and oxygen atoms in total. The van der Waals surface area contributed by atoms with Crippen molar-refractivity contribution in [3.63, 3.8) is 0 Å². The van der Waals surface area contributed by atoms with E-state index in [0.717, 1.165) is 11.1 Å². The molecule has 0 radical (unpaired) electrons. The van der Waals surface area contributed by atoms with Gasteiger partial charge in [0, 0.05) is 18.7 Å². The van der Waals surface area contributed by atoms with E-state index >= 15 is 0 Å². The standard InChI is InChI=1S/C21H21N3O/c1-15-6-4-5-7-18(15)10-8-17-9-11-19(16(2)14-17)21(25)23-20-12-13-22-24(20)3/h4-14H,1-3H3,(H,23,25)/b10-8+. The summed E-state index contributed by atoms with van der Waals surface area (Å²) < 4.78 is 1.63. The molecule has 3 rings (SSSR count). The molecule has 0 bridgehead atoms. The Labute approximate surface area is 147 Å². The number of nitrogens with zero attached hydrogens (tertiary/aromatic N) is 2. The van der Waals surface area contributed by atoms with Crippen LogP contribution in [0.4, 0.5) is 5.82 Å². The summed E-state index contributed by atoms with van der Waals surface area (Å²) in [7, 11) is 1.79.